The summed E-state index contributed by atoms with van der Waals surface area (Å²) >= 11 is 4.47. The van der Waals surface area contributed by atoms with Crippen molar-refractivity contribution in [1.82, 2.24) is 0 Å². The minimum absolute atomic E-state index is 0.494. The van der Waals surface area contributed by atoms with Gasteiger partial charge >= 0.3 is 0 Å². The second-order valence-electron chi connectivity index (χ2n) is 3.26. The molecule has 0 spiro atoms. The third kappa shape index (κ3) is 4.01. The summed E-state index contributed by atoms with van der Waals surface area (Å²) in [5.41, 5.74) is -0.883. The van der Waals surface area contributed by atoms with E-state index in [2.05, 4.69) is 12.6 Å². The molecular weight excluding hydrogens is 244 g/mol. The first-order valence-corrected chi connectivity index (χ1v) is 7.22. The lowest BCUT2D eigenvalue weighted by atomic mass is 10.5. The lowest BCUT2D eigenvalue weighted by Gasteiger charge is -2.43. The highest BCUT2D eigenvalue weighted by Crippen LogP contribution is 2.34. The lowest BCUT2D eigenvalue weighted by molar-refractivity contribution is -0.326. The van der Waals surface area contributed by atoms with Crippen LogP contribution in [0.5, 0.6) is 0 Å². The molecule has 0 unspecified atom stereocenters. The molecule has 0 bridgehead atoms. The highest BCUT2D eigenvalue weighted by atomic mass is 32.1. The Hall–Kier alpha value is 0.407. The fourth-order valence-corrected chi connectivity index (χ4v) is 2.72. The van der Waals surface area contributed by atoms with Crippen LogP contribution in [0.4, 0.5) is 0 Å². The molecule has 0 aliphatic rings. The van der Waals surface area contributed by atoms with Crippen molar-refractivity contribution in [2.75, 3.05) is 26.4 Å². The van der Waals surface area contributed by atoms with E-state index >= 15 is 0 Å². The maximum Gasteiger partial charge on any atom is 0.266 e. The minimum Gasteiger partial charge on any atom is -0.349 e. The normalized spacial score (nSPS) is 13.3. The molecule has 0 N–H and O–H groups in total. The van der Waals surface area contributed by atoms with Gasteiger partial charge in [-0.3, -0.25) is 0 Å². The lowest BCUT2D eigenvalue weighted by Crippen LogP contribution is -2.58. The van der Waals surface area contributed by atoms with Crippen molar-refractivity contribution in [3.63, 3.8) is 0 Å². The van der Waals surface area contributed by atoms with Gasteiger partial charge in [0.25, 0.3) is 5.12 Å². The number of hydrogen-bond donors (Lipinski definition) is 1. The van der Waals surface area contributed by atoms with Gasteiger partial charge < -0.3 is 18.9 Å². The monoisotopic (exact) mass is 268 g/mol. The van der Waals surface area contributed by atoms with Crippen LogP contribution in [0.15, 0.2) is 0 Å². The van der Waals surface area contributed by atoms with Crippen LogP contribution in [0.1, 0.15) is 27.7 Å². The molecule has 16 heavy (non-hydrogen) atoms. The molecule has 98 valence electrons. The Morgan fingerprint density at radius 2 is 1.12 bits per heavy atom. The van der Waals surface area contributed by atoms with Crippen LogP contribution >= 0.6 is 12.6 Å². The number of hydrogen-bond acceptors (Lipinski definition) is 5. The van der Waals surface area contributed by atoms with Crippen LogP contribution in [0, 0.1) is 0 Å². The van der Waals surface area contributed by atoms with Crippen molar-refractivity contribution in [1.29, 1.82) is 0 Å². The SMILES string of the molecule is CCOC([SiH3])(OCC)C(S)(OCC)OCC. The zero-order valence-corrected chi connectivity index (χ0v) is 13.8. The summed E-state index contributed by atoms with van der Waals surface area (Å²) in [4.78, 5) is 0. The summed E-state index contributed by atoms with van der Waals surface area (Å²) in [7, 11) is 0.603. The fourth-order valence-electron chi connectivity index (χ4n) is 1.47. The molecular formula is C10H24O4SSi. The molecule has 0 aliphatic heterocycles. The van der Waals surface area contributed by atoms with E-state index in [1.165, 1.54) is 0 Å². The maximum absolute atomic E-state index is 5.65. The van der Waals surface area contributed by atoms with Crippen LogP contribution in [0.25, 0.3) is 0 Å². The van der Waals surface area contributed by atoms with Gasteiger partial charge in [-0.25, -0.2) is 0 Å². The van der Waals surface area contributed by atoms with E-state index < -0.39 is 10.5 Å². The largest absolute Gasteiger partial charge is 0.349 e. The fraction of sp³-hybridized carbons (Fsp3) is 1.00. The molecule has 0 fully saturated rings. The summed E-state index contributed by atoms with van der Waals surface area (Å²) in [5, 5.41) is -1.13. The smallest absolute Gasteiger partial charge is 0.266 e. The molecule has 0 aromatic rings. The predicted molar refractivity (Wildman–Crippen MR) is 70.9 cm³/mol. The van der Waals surface area contributed by atoms with Gasteiger partial charge in [-0.2, -0.15) is 0 Å². The third-order valence-electron chi connectivity index (χ3n) is 2.09. The minimum atomic E-state index is -1.13. The van der Waals surface area contributed by atoms with Crippen LogP contribution < -0.4 is 0 Å². The Morgan fingerprint density at radius 3 is 1.38 bits per heavy atom. The summed E-state index contributed by atoms with van der Waals surface area (Å²) < 4.78 is 22.4. The van der Waals surface area contributed by atoms with E-state index in [4.69, 9.17) is 18.9 Å². The van der Waals surface area contributed by atoms with E-state index in [0.717, 1.165) is 0 Å². The Kier molecular flexibility index (Phi) is 7.87. The Morgan fingerprint density at radius 1 is 0.812 bits per heavy atom. The molecule has 0 rings (SSSR count). The van der Waals surface area contributed by atoms with Gasteiger partial charge in [-0.15, -0.1) is 12.6 Å². The Labute approximate surface area is 107 Å². The van der Waals surface area contributed by atoms with Gasteiger partial charge in [0.05, 0.1) is 10.2 Å². The van der Waals surface area contributed by atoms with Crippen molar-refractivity contribution in [3.8, 4) is 0 Å². The molecule has 0 atom stereocenters. The number of rotatable bonds is 9. The summed E-state index contributed by atoms with van der Waals surface area (Å²) in [6, 6.07) is 0. The van der Waals surface area contributed by atoms with E-state index in [9.17, 15) is 0 Å². The first kappa shape index (κ1) is 16.4. The van der Waals surface area contributed by atoms with E-state index in [-0.39, 0.29) is 0 Å². The van der Waals surface area contributed by atoms with Crippen LogP contribution in [0.3, 0.4) is 0 Å². The highest BCUT2D eigenvalue weighted by Gasteiger charge is 2.50. The topological polar surface area (TPSA) is 36.9 Å². The standard InChI is InChI=1S/C10H24O4SSi/c1-5-11-9(15,12-6-2)10(16,13-7-3)14-8-4/h15H,5-8H2,1-4,16H3. The zero-order valence-electron chi connectivity index (χ0n) is 10.9. The Bertz CT molecular complexity index is 160. The van der Waals surface area contributed by atoms with Gasteiger partial charge in [-0.05, 0) is 27.7 Å². The quantitative estimate of drug-likeness (QED) is 0.380. The predicted octanol–water partition coefficient (Wildman–Crippen LogP) is 0.735. The molecule has 4 nitrogen and oxygen atoms in total. The van der Waals surface area contributed by atoms with Crippen molar-refractivity contribution >= 4 is 22.9 Å². The summed E-state index contributed by atoms with van der Waals surface area (Å²) in [6.45, 7) is 9.67. The van der Waals surface area contributed by atoms with Gasteiger partial charge in [0.2, 0.25) is 5.41 Å². The average Bonchev–Trinajstić information content (AvgIpc) is 2.19. The second kappa shape index (κ2) is 7.68. The average molecular weight is 268 g/mol. The second-order valence-corrected chi connectivity index (χ2v) is 5.16. The first-order chi connectivity index (χ1) is 7.49. The summed E-state index contributed by atoms with van der Waals surface area (Å²) in [5.74, 6) is 0. The molecule has 0 radical (unpaired) electrons. The first-order valence-electron chi connectivity index (χ1n) is 5.77. The van der Waals surface area contributed by atoms with Crippen LogP contribution in [0.2, 0.25) is 0 Å². The van der Waals surface area contributed by atoms with Gasteiger partial charge in [0, 0.05) is 26.4 Å². The highest BCUT2D eigenvalue weighted by molar-refractivity contribution is 7.81. The van der Waals surface area contributed by atoms with Gasteiger partial charge in [-0.1, -0.05) is 0 Å². The molecule has 0 saturated carbocycles. The molecule has 0 aromatic heterocycles. The van der Waals surface area contributed by atoms with Crippen LogP contribution in [-0.4, -0.2) is 47.2 Å². The molecule has 0 aliphatic carbocycles. The van der Waals surface area contributed by atoms with Gasteiger partial charge in [0.15, 0.2) is 0 Å². The van der Waals surface area contributed by atoms with Crippen molar-refractivity contribution in [3.05, 3.63) is 0 Å². The van der Waals surface area contributed by atoms with Crippen molar-refractivity contribution < 1.29 is 18.9 Å². The molecule has 0 amide bonds. The Balaban J connectivity index is 4.90. The van der Waals surface area contributed by atoms with E-state index in [1.54, 1.807) is 0 Å². The molecule has 0 saturated heterocycles. The van der Waals surface area contributed by atoms with Crippen molar-refractivity contribution in [2.45, 2.75) is 38.2 Å². The summed E-state index contributed by atoms with van der Waals surface area (Å²) in [6.07, 6.45) is 0. The van der Waals surface area contributed by atoms with E-state index in [1.807, 2.05) is 27.7 Å². The van der Waals surface area contributed by atoms with Crippen molar-refractivity contribution in [2.24, 2.45) is 0 Å². The molecule has 0 heterocycles. The molecule has 0 aromatic carbocycles. The zero-order chi connectivity index (χ0) is 12.7. The molecule has 6 heteroatoms. The van der Waals surface area contributed by atoms with Gasteiger partial charge in [0.1, 0.15) is 0 Å². The van der Waals surface area contributed by atoms with Crippen LogP contribution in [-0.2, 0) is 18.9 Å². The third-order valence-corrected chi connectivity index (χ3v) is 4.41. The maximum atomic E-state index is 5.65. The number of ether oxygens (including phenoxy) is 4. The van der Waals surface area contributed by atoms with E-state index in [0.29, 0.717) is 36.7 Å². The number of thiol groups is 1.